The second-order valence-corrected chi connectivity index (χ2v) is 7.51. The Hall–Kier alpha value is -2.44. The molecule has 0 aliphatic carbocycles. The van der Waals surface area contributed by atoms with Gasteiger partial charge < -0.3 is 24.8 Å². The van der Waals surface area contributed by atoms with Crippen LogP contribution in [0.5, 0.6) is 17.2 Å². The van der Waals surface area contributed by atoms with Crippen LogP contribution in [-0.2, 0) is 4.79 Å². The van der Waals surface area contributed by atoms with Gasteiger partial charge in [0.1, 0.15) is 6.04 Å². The molecule has 7 nitrogen and oxygen atoms in total. The zero-order valence-corrected chi connectivity index (χ0v) is 18.8. The third kappa shape index (κ3) is 7.15. The molecule has 2 atom stereocenters. The average molecular weight is 409 g/mol. The van der Waals surface area contributed by atoms with E-state index in [0.29, 0.717) is 22.8 Å². The zero-order valence-electron chi connectivity index (χ0n) is 18.8. The molecule has 1 rings (SSSR count). The highest BCUT2D eigenvalue weighted by atomic mass is 16.5. The largest absolute Gasteiger partial charge is 0.493 e. The predicted molar refractivity (Wildman–Crippen MR) is 114 cm³/mol. The molecule has 0 aromatic heterocycles. The first-order chi connectivity index (χ1) is 13.8. The Morgan fingerprint density at radius 1 is 0.931 bits per heavy atom. The molecule has 2 unspecified atom stereocenters. The number of rotatable bonds is 12. The van der Waals surface area contributed by atoms with Gasteiger partial charge in [-0.2, -0.15) is 0 Å². The van der Waals surface area contributed by atoms with Crippen molar-refractivity contribution in [2.75, 3.05) is 21.3 Å². The van der Waals surface area contributed by atoms with E-state index < -0.39 is 6.04 Å². The van der Waals surface area contributed by atoms with Gasteiger partial charge in [-0.05, 0) is 31.4 Å². The van der Waals surface area contributed by atoms with Crippen molar-refractivity contribution >= 4 is 11.8 Å². The Morgan fingerprint density at radius 2 is 1.52 bits per heavy atom. The second kappa shape index (κ2) is 12.2. The average Bonchev–Trinajstić information content (AvgIpc) is 2.70. The number of amides is 2. The zero-order chi connectivity index (χ0) is 22.0. The summed E-state index contributed by atoms with van der Waals surface area (Å²) in [5.74, 6) is 0.551. The maximum Gasteiger partial charge on any atom is 0.252 e. The summed E-state index contributed by atoms with van der Waals surface area (Å²) in [4.78, 5) is 25.6. The van der Waals surface area contributed by atoms with E-state index in [4.69, 9.17) is 14.2 Å². The van der Waals surface area contributed by atoms with Crippen molar-refractivity contribution in [2.45, 2.75) is 65.5 Å². The molecule has 29 heavy (non-hydrogen) atoms. The van der Waals surface area contributed by atoms with Crippen molar-refractivity contribution in [3.63, 3.8) is 0 Å². The molecule has 0 saturated carbocycles. The summed E-state index contributed by atoms with van der Waals surface area (Å²) < 4.78 is 15.9. The van der Waals surface area contributed by atoms with Crippen LogP contribution in [-0.4, -0.2) is 45.2 Å². The van der Waals surface area contributed by atoms with Crippen molar-refractivity contribution < 1.29 is 23.8 Å². The molecule has 0 saturated heterocycles. The van der Waals surface area contributed by atoms with Gasteiger partial charge in [0.25, 0.3) is 5.91 Å². The lowest BCUT2D eigenvalue weighted by molar-refractivity contribution is -0.124. The highest BCUT2D eigenvalue weighted by molar-refractivity contribution is 5.98. The molecule has 0 aliphatic heterocycles. The van der Waals surface area contributed by atoms with E-state index in [-0.39, 0.29) is 23.8 Å². The number of hydrogen-bond acceptors (Lipinski definition) is 5. The third-order valence-electron chi connectivity index (χ3n) is 4.79. The van der Waals surface area contributed by atoms with Crippen LogP contribution in [0.1, 0.15) is 63.7 Å². The summed E-state index contributed by atoms with van der Waals surface area (Å²) >= 11 is 0. The second-order valence-electron chi connectivity index (χ2n) is 7.51. The smallest absolute Gasteiger partial charge is 0.252 e. The van der Waals surface area contributed by atoms with Crippen LogP contribution >= 0.6 is 0 Å². The minimum Gasteiger partial charge on any atom is -0.493 e. The molecule has 2 amide bonds. The Bertz CT molecular complexity index is 650. The summed E-state index contributed by atoms with van der Waals surface area (Å²) in [7, 11) is 4.48. The van der Waals surface area contributed by atoms with Crippen molar-refractivity contribution in [1.29, 1.82) is 0 Å². The van der Waals surface area contributed by atoms with Gasteiger partial charge in [0.05, 0.1) is 21.3 Å². The Morgan fingerprint density at radius 3 is 1.97 bits per heavy atom. The summed E-state index contributed by atoms with van der Waals surface area (Å²) in [5.41, 5.74) is 0.328. The standard InChI is InChI=1S/C22H36N2O5/c1-8-9-10-11-15(4)23-22(26)19(14(2)3)24-21(25)16-12-17(27-5)20(29-7)18(13-16)28-6/h12-15,19H,8-11H2,1-7H3,(H,23,26)(H,24,25). The molecule has 0 bridgehead atoms. The first-order valence-corrected chi connectivity index (χ1v) is 10.2. The highest BCUT2D eigenvalue weighted by Gasteiger charge is 2.26. The van der Waals surface area contributed by atoms with Crippen LogP contribution in [0.4, 0.5) is 0 Å². The fourth-order valence-electron chi connectivity index (χ4n) is 3.08. The van der Waals surface area contributed by atoms with E-state index in [1.54, 1.807) is 12.1 Å². The third-order valence-corrected chi connectivity index (χ3v) is 4.79. The van der Waals surface area contributed by atoms with Crippen LogP contribution < -0.4 is 24.8 Å². The first-order valence-electron chi connectivity index (χ1n) is 10.2. The molecular weight excluding hydrogens is 372 g/mol. The minimum absolute atomic E-state index is 0.0633. The maximum absolute atomic E-state index is 12.9. The van der Waals surface area contributed by atoms with Crippen LogP contribution in [0.25, 0.3) is 0 Å². The van der Waals surface area contributed by atoms with Gasteiger partial charge in [0, 0.05) is 11.6 Å². The number of carbonyl (C=O) groups excluding carboxylic acids is 2. The molecule has 7 heteroatoms. The van der Waals surface area contributed by atoms with E-state index in [1.807, 2.05) is 20.8 Å². The first kappa shape index (κ1) is 24.6. The lowest BCUT2D eigenvalue weighted by Crippen LogP contribution is -2.51. The molecule has 164 valence electrons. The topological polar surface area (TPSA) is 85.9 Å². The van der Waals surface area contributed by atoms with E-state index in [1.165, 1.54) is 21.3 Å². The molecule has 0 heterocycles. The van der Waals surface area contributed by atoms with Crippen LogP contribution in [0.3, 0.4) is 0 Å². The van der Waals surface area contributed by atoms with Crippen molar-refractivity contribution in [3.8, 4) is 17.2 Å². The number of benzene rings is 1. The molecular formula is C22H36N2O5. The normalized spacial score (nSPS) is 12.8. The fourth-order valence-corrected chi connectivity index (χ4v) is 3.08. The quantitative estimate of drug-likeness (QED) is 0.517. The Labute approximate surface area is 174 Å². The molecule has 0 aliphatic rings. The molecule has 1 aromatic rings. The highest BCUT2D eigenvalue weighted by Crippen LogP contribution is 2.38. The minimum atomic E-state index is -0.643. The van der Waals surface area contributed by atoms with Gasteiger partial charge in [-0.1, -0.05) is 40.0 Å². The van der Waals surface area contributed by atoms with Crippen molar-refractivity contribution in [3.05, 3.63) is 17.7 Å². The predicted octanol–water partition coefficient (Wildman–Crippen LogP) is 3.55. The van der Waals surface area contributed by atoms with Crippen molar-refractivity contribution in [1.82, 2.24) is 10.6 Å². The van der Waals surface area contributed by atoms with E-state index in [0.717, 1.165) is 25.7 Å². The number of ether oxygens (including phenoxy) is 3. The van der Waals surface area contributed by atoms with Gasteiger partial charge in [-0.25, -0.2) is 0 Å². The number of nitrogens with one attached hydrogen (secondary N) is 2. The lowest BCUT2D eigenvalue weighted by atomic mass is 10.0. The molecule has 0 fully saturated rings. The van der Waals surface area contributed by atoms with E-state index >= 15 is 0 Å². The van der Waals surface area contributed by atoms with Gasteiger partial charge in [0.2, 0.25) is 11.7 Å². The summed E-state index contributed by atoms with van der Waals surface area (Å²) in [6, 6.07) is 2.56. The number of carbonyl (C=O) groups is 2. The van der Waals surface area contributed by atoms with Crippen LogP contribution in [0, 0.1) is 5.92 Å². The van der Waals surface area contributed by atoms with Crippen molar-refractivity contribution in [2.24, 2.45) is 5.92 Å². The van der Waals surface area contributed by atoms with Gasteiger partial charge in [0.15, 0.2) is 11.5 Å². The lowest BCUT2D eigenvalue weighted by Gasteiger charge is -2.24. The number of unbranched alkanes of at least 4 members (excludes halogenated alkanes) is 2. The van der Waals surface area contributed by atoms with E-state index in [2.05, 4.69) is 17.6 Å². The molecule has 0 spiro atoms. The van der Waals surface area contributed by atoms with Gasteiger partial charge in [-0.15, -0.1) is 0 Å². The number of methoxy groups -OCH3 is 3. The monoisotopic (exact) mass is 408 g/mol. The fraction of sp³-hybridized carbons (Fsp3) is 0.636. The molecule has 1 aromatic carbocycles. The van der Waals surface area contributed by atoms with E-state index in [9.17, 15) is 9.59 Å². The number of hydrogen-bond donors (Lipinski definition) is 2. The summed E-state index contributed by atoms with van der Waals surface area (Å²) in [5, 5.41) is 5.86. The van der Waals surface area contributed by atoms with Gasteiger partial charge in [-0.3, -0.25) is 9.59 Å². The van der Waals surface area contributed by atoms with Crippen LogP contribution in [0.15, 0.2) is 12.1 Å². The summed E-state index contributed by atoms with van der Waals surface area (Å²) in [6.45, 7) is 7.95. The summed E-state index contributed by atoms with van der Waals surface area (Å²) in [6.07, 6.45) is 4.28. The Balaban J connectivity index is 2.94. The SMILES string of the molecule is CCCCCC(C)NC(=O)C(NC(=O)c1cc(OC)c(OC)c(OC)c1)C(C)C. The molecule has 0 radical (unpaired) electrons. The van der Waals surface area contributed by atoms with Gasteiger partial charge >= 0.3 is 0 Å². The maximum atomic E-state index is 12.9. The Kier molecular flexibility index (Phi) is 10.3. The molecule has 2 N–H and O–H groups in total. The van der Waals surface area contributed by atoms with Crippen LogP contribution in [0.2, 0.25) is 0 Å².